The summed E-state index contributed by atoms with van der Waals surface area (Å²) in [5, 5.41) is 18.0. The maximum absolute atomic E-state index is 13.7. The van der Waals surface area contributed by atoms with Crippen molar-refractivity contribution in [1.82, 2.24) is 9.88 Å². The second-order valence-electron chi connectivity index (χ2n) is 11.4. The zero-order chi connectivity index (χ0) is 28.4. The van der Waals surface area contributed by atoms with Crippen LogP contribution >= 0.6 is 17.0 Å². The summed E-state index contributed by atoms with van der Waals surface area (Å²) < 4.78 is 5.89. The number of amidine groups is 1. The number of halogens is 1. The van der Waals surface area contributed by atoms with Crippen molar-refractivity contribution in [1.29, 1.82) is 5.41 Å². The van der Waals surface area contributed by atoms with Gasteiger partial charge in [-0.25, -0.2) is 14.7 Å². The third-order valence-electron chi connectivity index (χ3n) is 7.41. The lowest BCUT2D eigenvalue weighted by atomic mass is 9.82. The average Bonchev–Trinajstić information content (AvgIpc) is 3.64. The number of ether oxygens (including phenoxy) is 1. The molecule has 4 N–H and O–H groups in total. The highest BCUT2D eigenvalue weighted by Gasteiger charge is 2.43. The van der Waals surface area contributed by atoms with Crippen LogP contribution in [0.4, 0.5) is 10.5 Å². The molecule has 1 aromatic heterocycles. The van der Waals surface area contributed by atoms with Gasteiger partial charge in [0, 0.05) is 34.8 Å². The summed E-state index contributed by atoms with van der Waals surface area (Å²) in [7, 11) is 0. The number of imide groups is 1. The van der Waals surface area contributed by atoms with Crippen LogP contribution in [-0.4, -0.2) is 57.2 Å². The van der Waals surface area contributed by atoms with Crippen molar-refractivity contribution >= 4 is 52.2 Å². The zero-order valence-corrected chi connectivity index (χ0v) is 24.5. The van der Waals surface area contributed by atoms with Crippen molar-refractivity contribution in [3.63, 3.8) is 0 Å². The van der Waals surface area contributed by atoms with Crippen LogP contribution in [0.2, 0.25) is 0 Å². The van der Waals surface area contributed by atoms with Crippen molar-refractivity contribution in [3.05, 3.63) is 51.8 Å². The predicted molar refractivity (Wildman–Crippen MR) is 152 cm³/mol. The number of fused-ring (bicyclic) bond motifs is 2. The lowest BCUT2D eigenvalue weighted by Crippen LogP contribution is -2.52. The summed E-state index contributed by atoms with van der Waals surface area (Å²) in [5.41, 5.74) is 8.57. The second-order valence-corrected chi connectivity index (χ2v) is 11.4. The molecular weight excluding hydrogens is 582 g/mol. The molecule has 1 atom stereocenters. The van der Waals surface area contributed by atoms with Gasteiger partial charge in [0.15, 0.2) is 11.9 Å². The molecule has 3 amide bonds. The molecule has 0 radical (unpaired) electrons. The molecule has 1 aromatic carbocycles. The molecule has 0 saturated heterocycles. The van der Waals surface area contributed by atoms with Gasteiger partial charge in [0.25, 0.3) is 5.91 Å². The maximum atomic E-state index is 13.7. The summed E-state index contributed by atoms with van der Waals surface area (Å²) in [6.07, 6.45) is 0.0990. The molecule has 1 unspecified atom stereocenters. The van der Waals surface area contributed by atoms with Gasteiger partial charge in [-0.3, -0.25) is 19.8 Å². The highest BCUT2D eigenvalue weighted by Crippen LogP contribution is 2.46. The summed E-state index contributed by atoms with van der Waals surface area (Å²) >= 11 is 0. The van der Waals surface area contributed by atoms with E-state index in [9.17, 15) is 24.3 Å². The monoisotopic (exact) mass is 613 g/mol. The molecule has 2 aliphatic heterocycles. The Morgan fingerprint density at radius 2 is 1.90 bits per heavy atom. The molecule has 0 spiro atoms. The van der Waals surface area contributed by atoms with Crippen molar-refractivity contribution < 1.29 is 29.0 Å². The molecule has 1 saturated carbocycles. The lowest BCUT2D eigenvalue weighted by Gasteiger charge is -2.37. The number of aromatic nitrogens is 1. The fourth-order valence-electron chi connectivity index (χ4n) is 5.20. The molecule has 5 rings (SSSR count). The normalized spacial score (nSPS) is 18.1. The minimum Gasteiger partial charge on any atom is -0.481 e. The van der Waals surface area contributed by atoms with E-state index in [2.05, 4.69) is 4.98 Å². The van der Waals surface area contributed by atoms with E-state index in [0.29, 0.717) is 34.2 Å². The van der Waals surface area contributed by atoms with Gasteiger partial charge in [-0.05, 0) is 42.9 Å². The Morgan fingerprint density at radius 3 is 2.48 bits per heavy atom. The molecule has 3 heterocycles. The van der Waals surface area contributed by atoms with Gasteiger partial charge < -0.3 is 20.5 Å². The second kappa shape index (κ2) is 10.3. The number of pyridine rings is 1. The van der Waals surface area contributed by atoms with E-state index < -0.39 is 35.8 Å². The molecule has 0 bridgehead atoms. The number of amides is 3. The van der Waals surface area contributed by atoms with Crippen molar-refractivity contribution in [2.24, 2.45) is 5.73 Å². The fourth-order valence-corrected chi connectivity index (χ4v) is 5.20. The van der Waals surface area contributed by atoms with Crippen LogP contribution in [-0.2, 0) is 21.5 Å². The molecule has 40 heavy (non-hydrogen) atoms. The number of hydrogen-bond acceptors (Lipinski definition) is 7. The molecule has 1 aliphatic carbocycles. The number of ketones is 1. The third-order valence-corrected chi connectivity index (χ3v) is 7.41. The van der Waals surface area contributed by atoms with E-state index in [1.807, 2.05) is 32.9 Å². The first-order chi connectivity index (χ1) is 18.3. The summed E-state index contributed by atoms with van der Waals surface area (Å²) in [6.45, 7) is 7.49. The first-order valence-corrected chi connectivity index (χ1v) is 12.8. The number of carboxylic acid groups (broad SMARTS) is 1. The first kappa shape index (κ1) is 29.2. The highest BCUT2D eigenvalue weighted by atomic mass is 79.9. The molecular formula is C28H32BrN5O6. The summed E-state index contributed by atoms with van der Waals surface area (Å²) in [4.78, 5) is 57.7. The minimum atomic E-state index is -1.44. The van der Waals surface area contributed by atoms with Crippen LogP contribution in [0, 0.1) is 12.3 Å². The molecule has 11 nitrogen and oxygen atoms in total. The van der Waals surface area contributed by atoms with Gasteiger partial charge in [-0.1, -0.05) is 26.8 Å². The Morgan fingerprint density at radius 1 is 1.23 bits per heavy atom. The van der Waals surface area contributed by atoms with Crippen molar-refractivity contribution in [2.75, 3.05) is 11.4 Å². The van der Waals surface area contributed by atoms with Crippen molar-refractivity contribution in [3.8, 4) is 5.75 Å². The van der Waals surface area contributed by atoms with Crippen LogP contribution < -0.4 is 15.4 Å². The standard InChI is InChI=1S/C28H31N5O6.BrH/c1-13-16(19(34)12-32-11-15-7-8-18(14-5-6-14)31-22(15)25(32)29)9-17(28(2,3)4)24-23(13)33(27(30)38)26(37)20(39-24)10-21(35)36;/h7-9,14,20,29H,5-6,10-12H2,1-4H3,(H2,30,38)(H,35,36);1H. The van der Waals surface area contributed by atoms with Crippen LogP contribution in [0.15, 0.2) is 18.2 Å². The number of carbonyl (C=O) groups excluding carboxylic acids is 3. The van der Waals surface area contributed by atoms with E-state index >= 15 is 0 Å². The summed E-state index contributed by atoms with van der Waals surface area (Å²) in [6, 6.07) is 4.53. The number of hydrogen-bond donors (Lipinski definition) is 3. The summed E-state index contributed by atoms with van der Waals surface area (Å²) in [5.74, 6) is -1.71. The number of carbonyl (C=O) groups is 4. The van der Waals surface area contributed by atoms with E-state index in [4.69, 9.17) is 15.9 Å². The Bertz CT molecular complexity index is 1460. The lowest BCUT2D eigenvalue weighted by molar-refractivity contribution is -0.142. The van der Waals surface area contributed by atoms with Crippen LogP contribution in [0.3, 0.4) is 0 Å². The fraction of sp³-hybridized carbons (Fsp3) is 0.429. The molecule has 12 heteroatoms. The first-order valence-electron chi connectivity index (χ1n) is 12.8. The van der Waals surface area contributed by atoms with E-state index in [0.717, 1.165) is 24.1 Å². The molecule has 2 aromatic rings. The highest BCUT2D eigenvalue weighted by molar-refractivity contribution is 8.93. The Hall–Kier alpha value is -3.80. The van der Waals surface area contributed by atoms with Gasteiger partial charge in [0.05, 0.1) is 18.7 Å². The SMILES string of the molecule is Br.Cc1c(C(=O)CN2Cc3ccc(C4CC4)nc3C2=N)cc(C(C)(C)C)c2c1N(C(N)=O)C(=O)C(CC(=O)O)O2. The largest absolute Gasteiger partial charge is 0.481 e. The minimum absolute atomic E-state index is 0. The zero-order valence-electron chi connectivity index (χ0n) is 22.7. The number of nitrogens with one attached hydrogen (secondary N) is 1. The number of benzene rings is 1. The Labute approximate surface area is 242 Å². The predicted octanol–water partition coefficient (Wildman–Crippen LogP) is 3.81. The van der Waals surface area contributed by atoms with E-state index in [-0.39, 0.29) is 52.1 Å². The molecule has 212 valence electrons. The number of Topliss-reactive ketones (excluding diaryl/α,β-unsaturated/α-hetero) is 1. The maximum Gasteiger partial charge on any atom is 0.326 e. The van der Waals surface area contributed by atoms with Gasteiger partial charge in [0.1, 0.15) is 17.3 Å². The number of nitrogens with zero attached hydrogens (tertiary/aromatic N) is 3. The Kier molecular flexibility index (Phi) is 7.52. The molecule has 3 aliphatic rings. The number of primary amides is 1. The number of nitrogens with two attached hydrogens (primary N) is 1. The number of anilines is 1. The Balaban J connectivity index is 0.00000370. The van der Waals surface area contributed by atoms with Gasteiger partial charge in [-0.15, -0.1) is 17.0 Å². The van der Waals surface area contributed by atoms with Crippen molar-refractivity contribution in [2.45, 2.75) is 70.9 Å². The van der Waals surface area contributed by atoms with Gasteiger partial charge in [-0.2, -0.15) is 0 Å². The van der Waals surface area contributed by atoms with Gasteiger partial charge >= 0.3 is 12.0 Å². The quantitative estimate of drug-likeness (QED) is 0.413. The molecule has 1 fully saturated rings. The topological polar surface area (TPSA) is 167 Å². The number of rotatable bonds is 6. The van der Waals surface area contributed by atoms with Crippen LogP contribution in [0.5, 0.6) is 5.75 Å². The van der Waals surface area contributed by atoms with E-state index in [1.165, 1.54) is 0 Å². The van der Waals surface area contributed by atoms with Crippen LogP contribution in [0.25, 0.3) is 0 Å². The van der Waals surface area contributed by atoms with Gasteiger partial charge in [0.2, 0.25) is 0 Å². The third kappa shape index (κ3) is 5.07. The van der Waals surface area contributed by atoms with Crippen LogP contribution in [0.1, 0.15) is 84.4 Å². The smallest absolute Gasteiger partial charge is 0.326 e. The number of aliphatic carboxylic acids is 1. The van der Waals surface area contributed by atoms with E-state index in [1.54, 1.807) is 17.9 Å². The average molecular weight is 614 g/mol. The number of urea groups is 1. The number of carboxylic acids is 1.